The molecule has 6 heteroatoms. The summed E-state index contributed by atoms with van der Waals surface area (Å²) in [7, 11) is 1.59. The minimum Gasteiger partial charge on any atom is -0.493 e. The van der Waals surface area contributed by atoms with Crippen molar-refractivity contribution in [3.8, 4) is 11.5 Å². The molecule has 2 amide bonds. The van der Waals surface area contributed by atoms with Crippen LogP contribution < -0.4 is 25.8 Å². The molecule has 0 aliphatic heterocycles. The fourth-order valence-corrected chi connectivity index (χ4v) is 2.64. The third-order valence-corrected chi connectivity index (χ3v) is 4.12. The van der Waals surface area contributed by atoms with Crippen molar-refractivity contribution in [2.45, 2.75) is 58.4 Å². The zero-order chi connectivity index (χ0) is 19.0. The number of unbranched alkanes of at least 4 members (excludes halogenated alkanes) is 6. The fraction of sp³-hybridized carbons (Fsp3) is 0.650. The standard InChI is InChI=1S/C20H35N3O3/c1-3-4-5-6-7-8-9-13-22-20(24)23-16-17-10-11-18(26-14-12-21)19(15-17)25-2/h10-11,15H,3-9,12-14,16,21H2,1-2H3,(H2,22,23,24). The summed E-state index contributed by atoms with van der Waals surface area (Å²) in [4.78, 5) is 11.9. The average molecular weight is 366 g/mol. The molecule has 0 spiro atoms. The normalized spacial score (nSPS) is 10.4. The highest BCUT2D eigenvalue weighted by molar-refractivity contribution is 5.73. The quantitative estimate of drug-likeness (QED) is 0.440. The lowest BCUT2D eigenvalue weighted by atomic mass is 10.1. The highest BCUT2D eigenvalue weighted by Gasteiger charge is 2.07. The van der Waals surface area contributed by atoms with Crippen molar-refractivity contribution < 1.29 is 14.3 Å². The van der Waals surface area contributed by atoms with E-state index in [2.05, 4.69) is 17.6 Å². The van der Waals surface area contributed by atoms with Crippen molar-refractivity contribution in [1.82, 2.24) is 10.6 Å². The molecule has 4 N–H and O–H groups in total. The van der Waals surface area contributed by atoms with Crippen LogP contribution in [-0.4, -0.2) is 32.8 Å². The Balaban J connectivity index is 2.21. The smallest absolute Gasteiger partial charge is 0.315 e. The molecule has 0 aliphatic carbocycles. The molecule has 1 aromatic rings. The van der Waals surface area contributed by atoms with Crippen molar-refractivity contribution in [3.63, 3.8) is 0 Å². The van der Waals surface area contributed by atoms with Gasteiger partial charge >= 0.3 is 6.03 Å². The van der Waals surface area contributed by atoms with Gasteiger partial charge in [-0.2, -0.15) is 0 Å². The first-order valence-electron chi connectivity index (χ1n) is 9.72. The summed E-state index contributed by atoms with van der Waals surface area (Å²) in [6.45, 7) is 4.27. The van der Waals surface area contributed by atoms with Crippen LogP contribution in [0.3, 0.4) is 0 Å². The monoisotopic (exact) mass is 365 g/mol. The molecule has 0 aliphatic rings. The van der Waals surface area contributed by atoms with Gasteiger partial charge in [0, 0.05) is 19.6 Å². The van der Waals surface area contributed by atoms with E-state index in [-0.39, 0.29) is 6.03 Å². The van der Waals surface area contributed by atoms with Gasteiger partial charge in [-0.15, -0.1) is 0 Å². The summed E-state index contributed by atoms with van der Waals surface area (Å²) in [5.41, 5.74) is 6.40. The molecule has 1 rings (SSSR count). The van der Waals surface area contributed by atoms with Gasteiger partial charge in [0.25, 0.3) is 0 Å². The van der Waals surface area contributed by atoms with E-state index in [1.807, 2.05) is 18.2 Å². The Kier molecular flexibility index (Phi) is 12.1. The molecule has 0 aromatic heterocycles. The molecular formula is C20H35N3O3. The van der Waals surface area contributed by atoms with Crippen molar-refractivity contribution in [2.75, 3.05) is 26.8 Å². The number of urea groups is 1. The van der Waals surface area contributed by atoms with Gasteiger partial charge < -0.3 is 25.8 Å². The van der Waals surface area contributed by atoms with E-state index >= 15 is 0 Å². The molecule has 26 heavy (non-hydrogen) atoms. The number of hydrogen-bond donors (Lipinski definition) is 3. The Morgan fingerprint density at radius 1 is 1.04 bits per heavy atom. The van der Waals surface area contributed by atoms with Crippen LogP contribution in [0.2, 0.25) is 0 Å². The lowest BCUT2D eigenvalue weighted by Crippen LogP contribution is -2.35. The fourth-order valence-electron chi connectivity index (χ4n) is 2.64. The third-order valence-electron chi connectivity index (χ3n) is 4.12. The number of carbonyl (C=O) groups is 1. The number of ether oxygens (including phenoxy) is 2. The molecule has 1 aromatic carbocycles. The Morgan fingerprint density at radius 2 is 1.77 bits per heavy atom. The predicted molar refractivity (Wildman–Crippen MR) is 106 cm³/mol. The van der Waals surface area contributed by atoms with Gasteiger partial charge in [-0.3, -0.25) is 0 Å². The van der Waals surface area contributed by atoms with E-state index in [1.165, 1.54) is 38.5 Å². The lowest BCUT2D eigenvalue weighted by Gasteiger charge is -2.12. The second-order valence-corrected chi connectivity index (χ2v) is 6.35. The van der Waals surface area contributed by atoms with Gasteiger partial charge in [0.15, 0.2) is 11.5 Å². The van der Waals surface area contributed by atoms with Crippen LogP contribution in [0.5, 0.6) is 11.5 Å². The first-order chi connectivity index (χ1) is 12.7. The van der Waals surface area contributed by atoms with Crippen LogP contribution in [0, 0.1) is 0 Å². The van der Waals surface area contributed by atoms with E-state index in [1.54, 1.807) is 7.11 Å². The number of benzene rings is 1. The molecule has 0 heterocycles. The molecule has 0 saturated carbocycles. The largest absolute Gasteiger partial charge is 0.493 e. The van der Waals surface area contributed by atoms with Crippen LogP contribution >= 0.6 is 0 Å². The number of nitrogens with one attached hydrogen (secondary N) is 2. The van der Waals surface area contributed by atoms with Crippen molar-refractivity contribution in [2.24, 2.45) is 5.73 Å². The lowest BCUT2D eigenvalue weighted by molar-refractivity contribution is 0.240. The van der Waals surface area contributed by atoms with Gasteiger partial charge in [0.1, 0.15) is 6.61 Å². The van der Waals surface area contributed by atoms with E-state index in [4.69, 9.17) is 15.2 Å². The highest BCUT2D eigenvalue weighted by Crippen LogP contribution is 2.27. The molecule has 148 valence electrons. The first-order valence-corrected chi connectivity index (χ1v) is 9.72. The number of rotatable bonds is 14. The Hall–Kier alpha value is -1.95. The van der Waals surface area contributed by atoms with E-state index < -0.39 is 0 Å². The second kappa shape index (κ2) is 14.2. The maximum absolute atomic E-state index is 11.9. The van der Waals surface area contributed by atoms with Crippen LogP contribution in [0.25, 0.3) is 0 Å². The number of amides is 2. The van der Waals surface area contributed by atoms with Gasteiger partial charge in [-0.25, -0.2) is 4.79 Å². The van der Waals surface area contributed by atoms with Gasteiger partial charge in [-0.05, 0) is 24.1 Å². The van der Waals surface area contributed by atoms with Gasteiger partial charge in [0.05, 0.1) is 7.11 Å². The summed E-state index contributed by atoms with van der Waals surface area (Å²) in [5.74, 6) is 1.30. The highest BCUT2D eigenvalue weighted by atomic mass is 16.5. The molecule has 6 nitrogen and oxygen atoms in total. The average Bonchev–Trinajstić information content (AvgIpc) is 2.67. The SMILES string of the molecule is CCCCCCCCCNC(=O)NCc1ccc(OCCN)c(OC)c1. The van der Waals surface area contributed by atoms with Crippen LogP contribution in [-0.2, 0) is 6.54 Å². The topological polar surface area (TPSA) is 85.6 Å². The van der Waals surface area contributed by atoms with Crippen molar-refractivity contribution in [1.29, 1.82) is 0 Å². The Labute approximate surface area is 157 Å². The number of carbonyl (C=O) groups excluding carboxylic acids is 1. The molecule has 0 fully saturated rings. The second-order valence-electron chi connectivity index (χ2n) is 6.35. The maximum atomic E-state index is 11.9. The van der Waals surface area contributed by atoms with Crippen LogP contribution in [0.15, 0.2) is 18.2 Å². The minimum atomic E-state index is -0.140. The minimum absolute atomic E-state index is 0.140. The molecule has 0 saturated heterocycles. The Bertz CT molecular complexity index is 509. The Morgan fingerprint density at radius 3 is 2.46 bits per heavy atom. The molecule has 0 bridgehead atoms. The number of methoxy groups -OCH3 is 1. The summed E-state index contributed by atoms with van der Waals surface area (Å²) >= 11 is 0. The molecule has 0 radical (unpaired) electrons. The molecule has 0 atom stereocenters. The van der Waals surface area contributed by atoms with E-state index in [9.17, 15) is 4.79 Å². The molecule has 0 unspecified atom stereocenters. The molecular weight excluding hydrogens is 330 g/mol. The number of hydrogen-bond acceptors (Lipinski definition) is 4. The summed E-state index contributed by atoms with van der Waals surface area (Å²) < 4.78 is 10.8. The first kappa shape index (κ1) is 22.1. The maximum Gasteiger partial charge on any atom is 0.315 e. The van der Waals surface area contributed by atoms with E-state index in [0.717, 1.165) is 18.5 Å². The van der Waals surface area contributed by atoms with Gasteiger partial charge in [0.2, 0.25) is 0 Å². The summed E-state index contributed by atoms with van der Waals surface area (Å²) in [6, 6.07) is 5.47. The summed E-state index contributed by atoms with van der Waals surface area (Å²) in [5, 5.41) is 5.77. The zero-order valence-corrected chi connectivity index (χ0v) is 16.3. The predicted octanol–water partition coefficient (Wildman–Crippen LogP) is 3.58. The van der Waals surface area contributed by atoms with Crippen LogP contribution in [0.4, 0.5) is 4.79 Å². The number of nitrogens with two attached hydrogens (primary N) is 1. The van der Waals surface area contributed by atoms with Crippen molar-refractivity contribution in [3.05, 3.63) is 23.8 Å². The van der Waals surface area contributed by atoms with Crippen molar-refractivity contribution >= 4 is 6.03 Å². The zero-order valence-electron chi connectivity index (χ0n) is 16.3. The third kappa shape index (κ3) is 9.51. The van der Waals surface area contributed by atoms with Gasteiger partial charge in [-0.1, -0.05) is 51.5 Å². The van der Waals surface area contributed by atoms with Crippen LogP contribution in [0.1, 0.15) is 57.4 Å². The summed E-state index contributed by atoms with van der Waals surface area (Å²) in [6.07, 6.45) is 8.67. The van der Waals surface area contributed by atoms with E-state index in [0.29, 0.717) is 31.2 Å².